The Bertz CT molecular complexity index is 663. The topological polar surface area (TPSA) is 112 Å². The second-order valence-electron chi connectivity index (χ2n) is 4.55. The summed E-state index contributed by atoms with van der Waals surface area (Å²) in [6.07, 6.45) is 1.75. The number of aromatic nitrogens is 2. The SMILES string of the molecule is O=C1C(CO)C(O)CC1n1cc(C=CBr)c(=O)[nH]c1=O. The number of hydrogen-bond donors (Lipinski definition) is 3. The average Bonchev–Trinajstić information content (AvgIpc) is 2.68. The number of H-pyrrole nitrogens is 1. The maximum absolute atomic E-state index is 12.1. The van der Waals surface area contributed by atoms with E-state index in [1.807, 2.05) is 0 Å². The Labute approximate surface area is 121 Å². The minimum atomic E-state index is -0.994. The van der Waals surface area contributed by atoms with Gasteiger partial charge in [0.1, 0.15) is 0 Å². The molecule has 0 spiro atoms. The second-order valence-corrected chi connectivity index (χ2v) is 5.08. The highest BCUT2D eigenvalue weighted by Gasteiger charge is 2.42. The van der Waals surface area contributed by atoms with Crippen molar-refractivity contribution in [3.8, 4) is 0 Å². The molecule has 1 aliphatic carbocycles. The van der Waals surface area contributed by atoms with Gasteiger partial charge in [0.05, 0.1) is 30.2 Å². The summed E-state index contributed by atoms with van der Waals surface area (Å²) < 4.78 is 1.09. The summed E-state index contributed by atoms with van der Waals surface area (Å²) in [5.74, 6) is -1.31. The molecular formula is C12H13BrN2O5. The first-order chi connectivity index (χ1) is 9.49. The van der Waals surface area contributed by atoms with Crippen molar-refractivity contribution in [3.63, 3.8) is 0 Å². The molecule has 0 aliphatic heterocycles. The number of aliphatic hydroxyl groups is 2. The highest BCUT2D eigenvalue weighted by Crippen LogP contribution is 2.30. The molecule has 7 nitrogen and oxygen atoms in total. The summed E-state index contributed by atoms with van der Waals surface area (Å²) in [6, 6.07) is -0.881. The fraction of sp³-hybridized carbons (Fsp3) is 0.417. The van der Waals surface area contributed by atoms with Crippen LogP contribution in [-0.2, 0) is 4.79 Å². The minimum absolute atomic E-state index is 0.0352. The summed E-state index contributed by atoms with van der Waals surface area (Å²) in [5, 5.41) is 18.8. The van der Waals surface area contributed by atoms with Gasteiger partial charge in [-0.3, -0.25) is 19.1 Å². The van der Waals surface area contributed by atoms with Gasteiger partial charge in [-0.05, 0) is 11.1 Å². The van der Waals surface area contributed by atoms with Crippen LogP contribution < -0.4 is 11.2 Å². The normalized spacial score (nSPS) is 26.6. The van der Waals surface area contributed by atoms with Gasteiger partial charge in [-0.2, -0.15) is 0 Å². The Morgan fingerprint density at radius 1 is 1.45 bits per heavy atom. The van der Waals surface area contributed by atoms with Crippen LogP contribution in [0.25, 0.3) is 6.08 Å². The van der Waals surface area contributed by atoms with Crippen molar-refractivity contribution >= 4 is 27.8 Å². The third kappa shape index (κ3) is 2.54. The maximum atomic E-state index is 12.1. The van der Waals surface area contributed by atoms with Crippen LogP contribution in [0.15, 0.2) is 20.8 Å². The summed E-state index contributed by atoms with van der Waals surface area (Å²) >= 11 is 3.03. The molecule has 0 radical (unpaired) electrons. The molecule has 0 aromatic carbocycles. The van der Waals surface area contributed by atoms with Crippen LogP contribution in [0.4, 0.5) is 0 Å². The molecule has 1 heterocycles. The van der Waals surface area contributed by atoms with E-state index in [1.54, 1.807) is 0 Å². The van der Waals surface area contributed by atoms with E-state index in [4.69, 9.17) is 5.11 Å². The molecule has 2 rings (SSSR count). The first kappa shape index (κ1) is 14.9. The summed E-state index contributed by atoms with van der Waals surface area (Å²) in [6.45, 7) is -0.469. The van der Waals surface area contributed by atoms with Gasteiger partial charge in [-0.15, -0.1) is 0 Å². The molecular weight excluding hydrogens is 332 g/mol. The Morgan fingerprint density at radius 3 is 2.70 bits per heavy atom. The molecule has 8 heteroatoms. The van der Waals surface area contributed by atoms with Crippen LogP contribution in [0, 0.1) is 5.92 Å². The fourth-order valence-corrected chi connectivity index (χ4v) is 2.61. The molecule has 1 fully saturated rings. The number of nitrogens with one attached hydrogen (secondary N) is 1. The zero-order chi connectivity index (χ0) is 14.9. The number of aromatic amines is 1. The van der Waals surface area contributed by atoms with Crippen molar-refractivity contribution in [1.29, 1.82) is 0 Å². The lowest BCUT2D eigenvalue weighted by atomic mass is 10.1. The number of aliphatic hydroxyl groups excluding tert-OH is 2. The number of carbonyl (C=O) groups excluding carboxylic acids is 1. The van der Waals surface area contributed by atoms with Crippen LogP contribution >= 0.6 is 15.9 Å². The minimum Gasteiger partial charge on any atom is -0.396 e. The van der Waals surface area contributed by atoms with Crippen LogP contribution in [0.1, 0.15) is 18.0 Å². The predicted octanol–water partition coefficient (Wildman–Crippen LogP) is -0.615. The number of Topliss-reactive ketones (excluding diaryl/α,β-unsaturated/α-hetero) is 1. The standard InChI is InChI=1S/C12H13BrN2O5/c13-2-1-6-4-15(12(20)14-11(6)19)8-3-9(17)7(5-16)10(8)18/h1-2,4,7-9,16-17H,3,5H2,(H,14,19,20). The molecule has 0 saturated heterocycles. The van der Waals surface area contributed by atoms with Gasteiger partial charge < -0.3 is 10.2 Å². The first-order valence-electron chi connectivity index (χ1n) is 5.94. The molecule has 0 amide bonds. The van der Waals surface area contributed by atoms with E-state index in [2.05, 4.69) is 20.9 Å². The molecule has 3 unspecified atom stereocenters. The van der Waals surface area contributed by atoms with Crippen LogP contribution in [-0.4, -0.2) is 38.3 Å². The van der Waals surface area contributed by atoms with E-state index in [-0.39, 0.29) is 12.0 Å². The summed E-state index contributed by atoms with van der Waals surface area (Å²) in [7, 11) is 0. The predicted molar refractivity (Wildman–Crippen MR) is 74.5 cm³/mol. The van der Waals surface area contributed by atoms with E-state index < -0.39 is 41.7 Å². The number of rotatable bonds is 3. The molecule has 1 aromatic rings. The summed E-state index contributed by atoms with van der Waals surface area (Å²) in [5.41, 5.74) is -1.08. The lowest BCUT2D eigenvalue weighted by molar-refractivity contribution is -0.125. The fourth-order valence-electron chi connectivity index (χ4n) is 2.33. The number of carbonyl (C=O) groups is 1. The van der Waals surface area contributed by atoms with E-state index in [9.17, 15) is 19.5 Å². The molecule has 1 aliphatic rings. The van der Waals surface area contributed by atoms with E-state index in [0.717, 1.165) is 4.57 Å². The first-order valence-corrected chi connectivity index (χ1v) is 6.86. The summed E-state index contributed by atoms with van der Waals surface area (Å²) in [4.78, 5) is 39.0. The Balaban J connectivity index is 2.49. The third-order valence-electron chi connectivity index (χ3n) is 3.39. The third-order valence-corrected chi connectivity index (χ3v) is 3.66. The maximum Gasteiger partial charge on any atom is 0.329 e. The zero-order valence-electron chi connectivity index (χ0n) is 10.3. The van der Waals surface area contributed by atoms with Gasteiger partial charge in [0.2, 0.25) is 0 Å². The van der Waals surface area contributed by atoms with Gasteiger partial charge in [0.25, 0.3) is 5.56 Å². The smallest absolute Gasteiger partial charge is 0.329 e. The molecule has 20 heavy (non-hydrogen) atoms. The van der Waals surface area contributed by atoms with Gasteiger partial charge in [-0.1, -0.05) is 15.9 Å². The van der Waals surface area contributed by atoms with E-state index in [0.29, 0.717) is 0 Å². The quantitative estimate of drug-likeness (QED) is 0.676. The zero-order valence-corrected chi connectivity index (χ0v) is 11.9. The Morgan fingerprint density at radius 2 is 2.15 bits per heavy atom. The van der Waals surface area contributed by atoms with E-state index in [1.165, 1.54) is 17.3 Å². The lowest BCUT2D eigenvalue weighted by Gasteiger charge is -2.12. The van der Waals surface area contributed by atoms with Crippen molar-refractivity contribution in [2.45, 2.75) is 18.6 Å². The lowest BCUT2D eigenvalue weighted by Crippen LogP contribution is -2.35. The molecule has 3 atom stereocenters. The van der Waals surface area contributed by atoms with Crippen LogP contribution in [0.2, 0.25) is 0 Å². The Hall–Kier alpha value is -1.51. The van der Waals surface area contributed by atoms with Gasteiger partial charge >= 0.3 is 5.69 Å². The molecule has 108 valence electrons. The van der Waals surface area contributed by atoms with Crippen LogP contribution in [0.3, 0.4) is 0 Å². The van der Waals surface area contributed by atoms with Crippen LogP contribution in [0.5, 0.6) is 0 Å². The Kier molecular flexibility index (Phi) is 4.36. The monoisotopic (exact) mass is 344 g/mol. The molecule has 1 saturated carbocycles. The van der Waals surface area contributed by atoms with Crippen molar-refractivity contribution in [2.24, 2.45) is 5.92 Å². The van der Waals surface area contributed by atoms with Crippen molar-refractivity contribution in [1.82, 2.24) is 9.55 Å². The largest absolute Gasteiger partial charge is 0.396 e. The number of nitrogens with zero attached hydrogens (tertiary/aromatic N) is 1. The highest BCUT2D eigenvalue weighted by atomic mass is 79.9. The number of halogens is 1. The second kappa shape index (κ2) is 5.86. The van der Waals surface area contributed by atoms with Gasteiger partial charge in [0, 0.05) is 12.6 Å². The number of hydrogen-bond acceptors (Lipinski definition) is 5. The number of ketones is 1. The molecule has 3 N–H and O–H groups in total. The molecule has 0 bridgehead atoms. The van der Waals surface area contributed by atoms with Crippen molar-refractivity contribution in [2.75, 3.05) is 6.61 Å². The average molecular weight is 345 g/mol. The highest BCUT2D eigenvalue weighted by molar-refractivity contribution is 9.11. The van der Waals surface area contributed by atoms with Crippen molar-refractivity contribution in [3.05, 3.63) is 37.6 Å². The van der Waals surface area contributed by atoms with Gasteiger partial charge in [0.15, 0.2) is 5.78 Å². The molecule has 1 aromatic heterocycles. The van der Waals surface area contributed by atoms with E-state index >= 15 is 0 Å². The van der Waals surface area contributed by atoms with Crippen molar-refractivity contribution < 1.29 is 15.0 Å². The van der Waals surface area contributed by atoms with Gasteiger partial charge in [-0.25, -0.2) is 4.79 Å².